The van der Waals surface area contributed by atoms with Gasteiger partial charge in [-0.1, -0.05) is 0 Å². The topological polar surface area (TPSA) is 88.1 Å². The van der Waals surface area contributed by atoms with Gasteiger partial charge < -0.3 is 4.90 Å². The Morgan fingerprint density at radius 1 is 1.21 bits per heavy atom. The van der Waals surface area contributed by atoms with Crippen molar-refractivity contribution in [1.29, 1.82) is 0 Å². The van der Waals surface area contributed by atoms with Crippen molar-refractivity contribution in [2.24, 2.45) is 0 Å². The van der Waals surface area contributed by atoms with E-state index in [-0.39, 0.29) is 6.04 Å². The van der Waals surface area contributed by atoms with Crippen LogP contribution in [0, 0.1) is 13.8 Å². The second-order valence-electron chi connectivity index (χ2n) is 6.58. The van der Waals surface area contributed by atoms with Crippen LogP contribution < -0.4 is 5.32 Å². The molecule has 0 unspecified atom stereocenters. The van der Waals surface area contributed by atoms with Gasteiger partial charge in [0.2, 0.25) is 0 Å². The predicted octanol–water partition coefficient (Wildman–Crippen LogP) is 3.58. The van der Waals surface area contributed by atoms with Gasteiger partial charge in [-0.05, 0) is 44.4 Å². The molecule has 9 heteroatoms. The van der Waals surface area contributed by atoms with Gasteiger partial charge in [-0.3, -0.25) is 19.9 Å². The zero-order chi connectivity index (χ0) is 19.7. The molecule has 1 saturated heterocycles. The van der Waals surface area contributed by atoms with Crippen LogP contribution in [0.15, 0.2) is 29.9 Å². The molecular weight excluding hydrogens is 394 g/mol. The van der Waals surface area contributed by atoms with Gasteiger partial charge >= 0.3 is 11.8 Å². The van der Waals surface area contributed by atoms with E-state index in [1.165, 1.54) is 11.3 Å². The Morgan fingerprint density at radius 2 is 2.00 bits per heavy atom. The van der Waals surface area contributed by atoms with Gasteiger partial charge in [0.25, 0.3) is 0 Å². The van der Waals surface area contributed by atoms with E-state index < -0.39 is 11.8 Å². The number of amides is 2. The van der Waals surface area contributed by atoms with Crippen molar-refractivity contribution in [2.75, 3.05) is 11.9 Å². The minimum Gasteiger partial charge on any atom is -0.327 e. The number of pyridine rings is 1. The summed E-state index contributed by atoms with van der Waals surface area (Å²) in [6.07, 6.45) is 5.12. The molecule has 0 radical (unpaired) electrons. The van der Waals surface area contributed by atoms with E-state index in [4.69, 9.17) is 0 Å². The molecule has 1 aliphatic heterocycles. The Labute approximate surface area is 170 Å². The first-order chi connectivity index (χ1) is 13.5. The highest BCUT2D eigenvalue weighted by Crippen LogP contribution is 2.33. The number of hydrogen-bond acceptors (Lipinski definition) is 7. The van der Waals surface area contributed by atoms with Crippen LogP contribution >= 0.6 is 22.7 Å². The van der Waals surface area contributed by atoms with Crippen LogP contribution in [0.25, 0.3) is 10.6 Å². The van der Waals surface area contributed by atoms with Gasteiger partial charge in [0.15, 0.2) is 5.13 Å². The molecule has 1 aliphatic rings. The highest BCUT2D eigenvalue weighted by atomic mass is 32.1. The molecule has 7 nitrogen and oxygen atoms in total. The maximum absolute atomic E-state index is 12.7. The van der Waals surface area contributed by atoms with Crippen LogP contribution in [0.3, 0.4) is 0 Å². The van der Waals surface area contributed by atoms with Crippen LogP contribution in [0.5, 0.6) is 0 Å². The number of nitrogens with zero attached hydrogens (tertiary/aromatic N) is 4. The maximum atomic E-state index is 12.7. The van der Waals surface area contributed by atoms with Gasteiger partial charge in [-0.2, -0.15) is 0 Å². The molecule has 4 rings (SSSR count). The van der Waals surface area contributed by atoms with Gasteiger partial charge in [0.05, 0.1) is 27.3 Å². The smallest absolute Gasteiger partial charge is 0.315 e. The van der Waals surface area contributed by atoms with Crippen molar-refractivity contribution in [2.45, 2.75) is 32.7 Å². The lowest BCUT2D eigenvalue weighted by atomic mass is 10.1. The van der Waals surface area contributed by atoms with E-state index in [0.717, 1.165) is 39.7 Å². The van der Waals surface area contributed by atoms with Crippen molar-refractivity contribution in [3.05, 3.63) is 46.2 Å². The Balaban J connectivity index is 1.46. The second-order valence-corrected chi connectivity index (χ2v) is 8.64. The summed E-state index contributed by atoms with van der Waals surface area (Å²) in [5.41, 5.74) is 2.69. The predicted molar refractivity (Wildman–Crippen MR) is 109 cm³/mol. The first kappa shape index (κ1) is 18.7. The quantitative estimate of drug-likeness (QED) is 0.663. The fraction of sp³-hybridized carbons (Fsp3) is 0.316. The third kappa shape index (κ3) is 3.67. The molecule has 2 amide bonds. The highest BCUT2D eigenvalue weighted by molar-refractivity contribution is 7.17. The van der Waals surface area contributed by atoms with Crippen LogP contribution in [0.1, 0.15) is 35.1 Å². The lowest BCUT2D eigenvalue weighted by Crippen LogP contribution is -2.39. The molecular formula is C19H19N5O2S2. The number of rotatable bonds is 3. The van der Waals surface area contributed by atoms with Gasteiger partial charge in [0, 0.05) is 24.3 Å². The van der Waals surface area contributed by atoms with Crippen molar-refractivity contribution >= 4 is 39.6 Å². The van der Waals surface area contributed by atoms with Gasteiger partial charge in [-0.15, -0.1) is 22.7 Å². The van der Waals surface area contributed by atoms with Crippen LogP contribution in [-0.2, 0) is 9.59 Å². The molecule has 4 heterocycles. The first-order valence-electron chi connectivity index (χ1n) is 8.94. The summed E-state index contributed by atoms with van der Waals surface area (Å²) in [6, 6.07) is 3.69. The SMILES string of the molecule is Cc1nc(C)c(-c2csc(NC(=O)C(=O)N3CCC[C@H]3c3ccncc3)n2)s1. The van der Waals surface area contributed by atoms with Crippen molar-refractivity contribution < 1.29 is 9.59 Å². The third-order valence-corrected chi connectivity index (χ3v) is 6.51. The minimum atomic E-state index is -0.654. The van der Waals surface area contributed by atoms with E-state index in [0.29, 0.717) is 11.7 Å². The lowest BCUT2D eigenvalue weighted by molar-refractivity contribution is -0.143. The number of carbonyl (C=O) groups excluding carboxylic acids is 2. The molecule has 1 atom stereocenters. The number of aromatic nitrogens is 3. The first-order valence-corrected chi connectivity index (χ1v) is 10.6. The molecule has 3 aromatic heterocycles. The molecule has 3 aromatic rings. The molecule has 0 aliphatic carbocycles. The Morgan fingerprint density at radius 3 is 2.71 bits per heavy atom. The average Bonchev–Trinajstić information content (AvgIpc) is 3.41. The Kier molecular flexibility index (Phi) is 5.19. The molecule has 0 aromatic carbocycles. The number of hydrogen-bond donors (Lipinski definition) is 1. The lowest BCUT2D eigenvalue weighted by Gasteiger charge is -2.24. The van der Waals surface area contributed by atoms with Crippen LogP contribution in [0.2, 0.25) is 0 Å². The standard InChI is InChI=1S/C19H19N5O2S2/c1-11-16(28-12(2)21-11)14-10-27-19(22-14)23-17(25)18(26)24-9-3-4-15(24)13-5-7-20-8-6-13/h5-8,10,15H,3-4,9H2,1-2H3,(H,22,23,25)/t15-/m0/s1. The molecule has 144 valence electrons. The largest absolute Gasteiger partial charge is 0.327 e. The summed E-state index contributed by atoms with van der Waals surface area (Å²) in [5, 5.41) is 5.91. The fourth-order valence-corrected chi connectivity index (χ4v) is 5.08. The maximum Gasteiger partial charge on any atom is 0.315 e. The minimum absolute atomic E-state index is 0.0871. The molecule has 0 saturated carbocycles. The van der Waals surface area contributed by atoms with Gasteiger partial charge in [-0.25, -0.2) is 9.97 Å². The monoisotopic (exact) mass is 413 g/mol. The third-order valence-electron chi connectivity index (χ3n) is 4.66. The van der Waals surface area contributed by atoms with Crippen molar-refractivity contribution in [3.63, 3.8) is 0 Å². The summed E-state index contributed by atoms with van der Waals surface area (Å²) in [7, 11) is 0. The summed E-state index contributed by atoms with van der Waals surface area (Å²) in [5.74, 6) is -1.18. The Hall–Kier alpha value is -2.65. The van der Waals surface area contributed by atoms with Gasteiger partial charge in [0.1, 0.15) is 0 Å². The average molecular weight is 414 g/mol. The number of nitrogens with one attached hydrogen (secondary N) is 1. The summed E-state index contributed by atoms with van der Waals surface area (Å²) in [6.45, 7) is 4.46. The van der Waals surface area contributed by atoms with Crippen LogP contribution in [0.4, 0.5) is 5.13 Å². The summed E-state index contributed by atoms with van der Waals surface area (Å²) < 4.78 is 0. The second kappa shape index (κ2) is 7.76. The summed E-state index contributed by atoms with van der Waals surface area (Å²) in [4.78, 5) is 40.8. The fourth-order valence-electron chi connectivity index (χ4n) is 3.43. The molecule has 1 N–H and O–H groups in total. The molecule has 1 fully saturated rings. The van der Waals surface area contributed by atoms with E-state index in [2.05, 4.69) is 20.3 Å². The van der Waals surface area contributed by atoms with E-state index in [1.54, 1.807) is 28.6 Å². The summed E-state index contributed by atoms with van der Waals surface area (Å²) >= 11 is 2.87. The number of aryl methyl sites for hydroxylation is 2. The zero-order valence-corrected chi connectivity index (χ0v) is 17.1. The van der Waals surface area contributed by atoms with E-state index >= 15 is 0 Å². The number of likely N-dealkylation sites (tertiary alicyclic amines) is 1. The molecule has 0 spiro atoms. The van der Waals surface area contributed by atoms with E-state index in [9.17, 15) is 9.59 Å². The highest BCUT2D eigenvalue weighted by Gasteiger charge is 2.33. The molecule has 28 heavy (non-hydrogen) atoms. The van der Waals surface area contributed by atoms with E-state index in [1.807, 2.05) is 31.4 Å². The number of carbonyl (C=O) groups is 2. The zero-order valence-electron chi connectivity index (χ0n) is 15.5. The molecule has 0 bridgehead atoms. The van der Waals surface area contributed by atoms with Crippen LogP contribution in [-0.4, -0.2) is 38.2 Å². The Bertz CT molecular complexity index is 1010. The number of thiazole rings is 2. The van der Waals surface area contributed by atoms with Crippen molar-refractivity contribution in [3.8, 4) is 10.6 Å². The normalized spacial score (nSPS) is 16.4. The number of anilines is 1. The van der Waals surface area contributed by atoms with Crippen molar-refractivity contribution in [1.82, 2.24) is 19.9 Å².